The van der Waals surface area contributed by atoms with Crippen LogP contribution in [0.3, 0.4) is 0 Å². The summed E-state index contributed by atoms with van der Waals surface area (Å²) >= 11 is 0. The van der Waals surface area contributed by atoms with Gasteiger partial charge in [0.2, 0.25) is 10.0 Å². The number of amides is 2. The molecule has 2 N–H and O–H groups in total. The van der Waals surface area contributed by atoms with E-state index in [9.17, 15) is 13.2 Å². The van der Waals surface area contributed by atoms with E-state index in [1.54, 1.807) is 24.3 Å². The lowest BCUT2D eigenvalue weighted by Gasteiger charge is -2.36. The van der Waals surface area contributed by atoms with Gasteiger partial charge in [0.1, 0.15) is 11.5 Å². The zero-order chi connectivity index (χ0) is 24.0. The topological polar surface area (TPSA) is 91.0 Å². The molecule has 184 valence electrons. The second kappa shape index (κ2) is 11.1. The van der Waals surface area contributed by atoms with Gasteiger partial charge in [0, 0.05) is 44.5 Å². The summed E-state index contributed by atoms with van der Waals surface area (Å²) in [6.07, 6.45) is 7.06. The average molecular weight is 487 g/mol. The zero-order valence-corrected chi connectivity index (χ0v) is 20.5. The van der Waals surface area contributed by atoms with Gasteiger partial charge >= 0.3 is 6.03 Å². The Bertz CT molecular complexity index is 1040. The van der Waals surface area contributed by atoms with Gasteiger partial charge in [-0.2, -0.15) is 0 Å². The van der Waals surface area contributed by atoms with Crippen LogP contribution in [0.5, 0.6) is 11.5 Å². The lowest BCUT2D eigenvalue weighted by atomic mass is 9.96. The fourth-order valence-corrected chi connectivity index (χ4v) is 5.05. The number of rotatable bonds is 7. The van der Waals surface area contributed by atoms with Crippen molar-refractivity contribution in [1.29, 1.82) is 0 Å². The Morgan fingerprint density at radius 1 is 0.912 bits per heavy atom. The average Bonchev–Trinajstić information content (AvgIpc) is 2.82. The monoisotopic (exact) mass is 486 g/mol. The minimum Gasteiger partial charge on any atom is -0.457 e. The minimum absolute atomic E-state index is 0.0909. The molecule has 0 aromatic heterocycles. The van der Waals surface area contributed by atoms with Crippen LogP contribution < -0.4 is 14.8 Å². The Morgan fingerprint density at radius 3 is 2.09 bits per heavy atom. The van der Waals surface area contributed by atoms with E-state index in [1.165, 1.54) is 24.8 Å². The number of sulfonamides is 1. The van der Waals surface area contributed by atoms with Gasteiger partial charge in [-0.15, -0.1) is 0 Å². The summed E-state index contributed by atoms with van der Waals surface area (Å²) in [4.78, 5) is 16.9. The standard InChI is InChI=1S/C25H34N4O4S/c1-34(31,32)27-22-9-13-24(14-10-22)33-23-11-7-20(8-12-23)19-28-15-17-29(18-16-28)25(30)26-21-5-3-2-4-6-21/h7-14,21,27H,2-6,15-19H2,1H3,(H,26,30). The lowest BCUT2D eigenvalue weighted by Crippen LogP contribution is -2.53. The highest BCUT2D eigenvalue weighted by molar-refractivity contribution is 7.92. The van der Waals surface area contributed by atoms with Crippen LogP contribution in [0.1, 0.15) is 37.7 Å². The lowest BCUT2D eigenvalue weighted by molar-refractivity contribution is 0.132. The van der Waals surface area contributed by atoms with E-state index in [4.69, 9.17) is 4.74 Å². The molecule has 2 amide bonds. The molecule has 1 aliphatic carbocycles. The van der Waals surface area contributed by atoms with Crippen molar-refractivity contribution in [3.05, 3.63) is 54.1 Å². The van der Waals surface area contributed by atoms with Crippen LogP contribution in [0.4, 0.5) is 10.5 Å². The molecule has 34 heavy (non-hydrogen) atoms. The van der Waals surface area contributed by atoms with Gasteiger partial charge in [0.05, 0.1) is 6.26 Å². The number of nitrogens with zero attached hydrogens (tertiary/aromatic N) is 2. The molecule has 4 rings (SSSR count). The van der Waals surface area contributed by atoms with Gasteiger partial charge in [-0.3, -0.25) is 9.62 Å². The fourth-order valence-electron chi connectivity index (χ4n) is 4.48. The minimum atomic E-state index is -3.30. The normalized spacial score (nSPS) is 17.9. The SMILES string of the molecule is CS(=O)(=O)Nc1ccc(Oc2ccc(CN3CCN(C(=O)NC4CCCCC4)CC3)cc2)cc1. The van der Waals surface area contributed by atoms with Crippen molar-refractivity contribution in [3.8, 4) is 11.5 Å². The predicted octanol–water partition coefficient (Wildman–Crippen LogP) is 4.01. The molecular formula is C25H34N4O4S. The summed E-state index contributed by atoms with van der Waals surface area (Å²) in [5.74, 6) is 1.35. The maximum Gasteiger partial charge on any atom is 0.317 e. The van der Waals surface area contributed by atoms with E-state index in [1.807, 2.05) is 17.0 Å². The molecule has 8 nitrogen and oxygen atoms in total. The van der Waals surface area contributed by atoms with Crippen LogP contribution in [-0.4, -0.2) is 62.7 Å². The van der Waals surface area contributed by atoms with Gasteiger partial charge < -0.3 is 15.0 Å². The van der Waals surface area contributed by atoms with E-state index in [0.717, 1.165) is 57.6 Å². The number of piperazine rings is 1. The van der Waals surface area contributed by atoms with Crippen LogP contribution in [0.2, 0.25) is 0 Å². The van der Waals surface area contributed by atoms with Gasteiger partial charge in [-0.05, 0) is 54.8 Å². The van der Waals surface area contributed by atoms with Crippen molar-refractivity contribution in [2.45, 2.75) is 44.7 Å². The number of ether oxygens (including phenoxy) is 1. The summed E-state index contributed by atoms with van der Waals surface area (Å²) in [5.41, 5.74) is 1.69. The number of urea groups is 1. The molecule has 0 atom stereocenters. The number of benzene rings is 2. The zero-order valence-electron chi connectivity index (χ0n) is 19.7. The van der Waals surface area contributed by atoms with Gasteiger partial charge in [0.15, 0.2) is 0 Å². The molecule has 0 unspecified atom stereocenters. The summed E-state index contributed by atoms with van der Waals surface area (Å²) in [6, 6.07) is 15.2. The van der Waals surface area contributed by atoms with Crippen molar-refractivity contribution >= 4 is 21.7 Å². The highest BCUT2D eigenvalue weighted by Crippen LogP contribution is 2.24. The highest BCUT2D eigenvalue weighted by Gasteiger charge is 2.23. The fraction of sp³-hybridized carbons (Fsp3) is 0.480. The van der Waals surface area contributed by atoms with Crippen molar-refractivity contribution in [2.75, 3.05) is 37.2 Å². The number of carbonyl (C=O) groups is 1. The van der Waals surface area contributed by atoms with Crippen molar-refractivity contribution < 1.29 is 17.9 Å². The number of carbonyl (C=O) groups excluding carboxylic acids is 1. The van der Waals surface area contributed by atoms with Crippen LogP contribution in [0.15, 0.2) is 48.5 Å². The Hall–Kier alpha value is -2.78. The molecule has 2 aliphatic rings. The maximum absolute atomic E-state index is 12.6. The number of hydrogen-bond acceptors (Lipinski definition) is 5. The second-order valence-electron chi connectivity index (χ2n) is 9.19. The third-order valence-corrected chi connectivity index (χ3v) is 6.92. The van der Waals surface area contributed by atoms with Crippen molar-refractivity contribution in [1.82, 2.24) is 15.1 Å². The number of anilines is 1. The van der Waals surface area contributed by atoms with E-state index in [0.29, 0.717) is 17.5 Å². The molecule has 9 heteroatoms. The first-order valence-electron chi connectivity index (χ1n) is 12.0. The Morgan fingerprint density at radius 2 is 1.50 bits per heavy atom. The largest absolute Gasteiger partial charge is 0.457 e. The van der Waals surface area contributed by atoms with E-state index >= 15 is 0 Å². The first-order valence-corrected chi connectivity index (χ1v) is 13.9. The summed E-state index contributed by atoms with van der Waals surface area (Å²) in [5, 5.41) is 3.22. The van der Waals surface area contributed by atoms with Gasteiger partial charge in [-0.25, -0.2) is 13.2 Å². The van der Waals surface area contributed by atoms with E-state index in [2.05, 4.69) is 27.1 Å². The first kappa shape index (κ1) is 24.3. The predicted molar refractivity (Wildman–Crippen MR) is 134 cm³/mol. The number of nitrogens with one attached hydrogen (secondary N) is 2. The Balaban J connectivity index is 1.21. The Labute approximate surface area is 202 Å². The molecule has 0 radical (unpaired) electrons. The molecule has 0 bridgehead atoms. The van der Waals surface area contributed by atoms with Gasteiger partial charge in [0.25, 0.3) is 0 Å². The summed E-state index contributed by atoms with van der Waals surface area (Å²) in [7, 11) is -3.30. The van der Waals surface area contributed by atoms with Crippen molar-refractivity contribution in [3.63, 3.8) is 0 Å². The molecule has 1 saturated carbocycles. The Kier molecular flexibility index (Phi) is 7.95. The van der Waals surface area contributed by atoms with Crippen LogP contribution in [-0.2, 0) is 16.6 Å². The molecule has 1 heterocycles. The van der Waals surface area contributed by atoms with Crippen LogP contribution in [0.25, 0.3) is 0 Å². The quantitative estimate of drug-likeness (QED) is 0.617. The molecule has 0 spiro atoms. The van der Waals surface area contributed by atoms with Crippen LogP contribution in [0, 0.1) is 0 Å². The molecule has 2 aromatic rings. The molecule has 1 saturated heterocycles. The third-order valence-electron chi connectivity index (χ3n) is 6.32. The maximum atomic E-state index is 12.6. The van der Waals surface area contributed by atoms with E-state index < -0.39 is 10.0 Å². The third kappa shape index (κ3) is 7.36. The first-order chi connectivity index (χ1) is 16.3. The number of hydrogen-bond donors (Lipinski definition) is 2. The molecule has 2 aromatic carbocycles. The van der Waals surface area contributed by atoms with E-state index in [-0.39, 0.29) is 6.03 Å². The molecule has 1 aliphatic heterocycles. The van der Waals surface area contributed by atoms with Crippen molar-refractivity contribution in [2.24, 2.45) is 0 Å². The molecule has 2 fully saturated rings. The summed E-state index contributed by atoms with van der Waals surface area (Å²) in [6.45, 7) is 4.08. The van der Waals surface area contributed by atoms with Gasteiger partial charge in [-0.1, -0.05) is 31.4 Å². The molecular weight excluding hydrogens is 452 g/mol. The summed E-state index contributed by atoms with van der Waals surface area (Å²) < 4.78 is 30.9. The van der Waals surface area contributed by atoms with Crippen LogP contribution >= 0.6 is 0 Å². The smallest absolute Gasteiger partial charge is 0.317 e. The second-order valence-corrected chi connectivity index (χ2v) is 10.9. The highest BCUT2D eigenvalue weighted by atomic mass is 32.2.